The van der Waals surface area contributed by atoms with Crippen LogP contribution in [0.25, 0.3) is 0 Å². The van der Waals surface area contributed by atoms with E-state index in [0.717, 1.165) is 12.1 Å². The number of aliphatic imine (C=N–C) groups is 1. The fourth-order valence-electron chi connectivity index (χ4n) is 0.866. The summed E-state index contributed by atoms with van der Waals surface area (Å²) in [5.41, 5.74) is 1.10. The minimum atomic E-state index is -1.14. The van der Waals surface area contributed by atoms with Crippen LogP contribution in [-0.2, 0) is 15.3 Å². The SMILES string of the molecule is C/N=C(/C)CC(C)COS(C)=O. The van der Waals surface area contributed by atoms with E-state index >= 15 is 0 Å². The quantitative estimate of drug-likeness (QED) is 0.616. The van der Waals surface area contributed by atoms with Crippen LogP contribution in [0.5, 0.6) is 0 Å². The second-order valence-corrected chi connectivity index (χ2v) is 3.99. The van der Waals surface area contributed by atoms with Crippen LogP contribution >= 0.6 is 0 Å². The van der Waals surface area contributed by atoms with E-state index in [4.69, 9.17) is 4.18 Å². The highest BCUT2D eigenvalue weighted by Gasteiger charge is 2.04. The number of nitrogens with zero attached hydrogens (tertiary/aromatic N) is 1. The van der Waals surface area contributed by atoms with E-state index < -0.39 is 11.1 Å². The highest BCUT2D eigenvalue weighted by atomic mass is 32.2. The molecule has 0 saturated carbocycles. The van der Waals surface area contributed by atoms with E-state index in [1.165, 1.54) is 6.26 Å². The van der Waals surface area contributed by atoms with Crippen molar-refractivity contribution >= 4 is 16.8 Å². The summed E-state index contributed by atoms with van der Waals surface area (Å²) in [5, 5.41) is 0. The van der Waals surface area contributed by atoms with E-state index in [2.05, 4.69) is 11.9 Å². The Morgan fingerprint density at radius 2 is 2.25 bits per heavy atom. The zero-order chi connectivity index (χ0) is 9.56. The predicted molar refractivity (Wildman–Crippen MR) is 52.8 cm³/mol. The Morgan fingerprint density at radius 3 is 2.67 bits per heavy atom. The van der Waals surface area contributed by atoms with Crippen LogP contribution in [0.15, 0.2) is 4.99 Å². The summed E-state index contributed by atoms with van der Waals surface area (Å²) in [7, 11) is 1.78. The van der Waals surface area contributed by atoms with Crippen molar-refractivity contribution in [2.24, 2.45) is 10.9 Å². The lowest BCUT2D eigenvalue weighted by molar-refractivity contribution is 0.290. The summed E-state index contributed by atoms with van der Waals surface area (Å²) in [5.74, 6) is 0.387. The monoisotopic (exact) mass is 191 g/mol. The lowest BCUT2D eigenvalue weighted by Gasteiger charge is -2.09. The Kier molecular flexibility index (Phi) is 6.20. The molecule has 0 bridgehead atoms. The fourth-order valence-corrected chi connectivity index (χ4v) is 1.29. The minimum Gasteiger partial charge on any atom is -0.298 e. The first kappa shape index (κ1) is 11.8. The Bertz CT molecular complexity index is 180. The van der Waals surface area contributed by atoms with Crippen LogP contribution in [-0.4, -0.2) is 29.8 Å². The van der Waals surface area contributed by atoms with E-state index in [1.807, 2.05) is 6.92 Å². The van der Waals surface area contributed by atoms with Crippen molar-refractivity contribution in [3.05, 3.63) is 0 Å². The molecule has 72 valence electrons. The second kappa shape index (κ2) is 6.31. The molecule has 0 heterocycles. The van der Waals surface area contributed by atoms with E-state index in [-0.39, 0.29) is 0 Å². The van der Waals surface area contributed by atoms with Gasteiger partial charge in [0.1, 0.15) is 0 Å². The lowest BCUT2D eigenvalue weighted by atomic mass is 10.1. The summed E-state index contributed by atoms with van der Waals surface area (Å²) in [6.07, 6.45) is 2.45. The average Bonchev–Trinajstić information content (AvgIpc) is 2.00. The molecule has 0 N–H and O–H groups in total. The third-order valence-corrected chi connectivity index (χ3v) is 2.01. The third kappa shape index (κ3) is 6.49. The first-order valence-electron chi connectivity index (χ1n) is 3.95. The molecule has 3 nitrogen and oxygen atoms in total. The van der Waals surface area contributed by atoms with Gasteiger partial charge in [0, 0.05) is 19.0 Å². The fraction of sp³-hybridized carbons (Fsp3) is 0.875. The molecule has 2 unspecified atom stereocenters. The van der Waals surface area contributed by atoms with Crippen LogP contribution in [0.4, 0.5) is 0 Å². The van der Waals surface area contributed by atoms with Crippen molar-refractivity contribution < 1.29 is 8.39 Å². The molecule has 0 amide bonds. The molecule has 0 aromatic rings. The molecular formula is C8H17NO2S. The molecule has 0 fully saturated rings. The van der Waals surface area contributed by atoms with Gasteiger partial charge in [-0.15, -0.1) is 0 Å². The molecular weight excluding hydrogens is 174 g/mol. The first-order chi connectivity index (χ1) is 5.56. The molecule has 0 saturated heterocycles. The smallest absolute Gasteiger partial charge is 0.152 e. The van der Waals surface area contributed by atoms with Crippen molar-refractivity contribution in [1.82, 2.24) is 0 Å². The molecule has 12 heavy (non-hydrogen) atoms. The van der Waals surface area contributed by atoms with E-state index in [1.54, 1.807) is 7.05 Å². The Morgan fingerprint density at radius 1 is 1.67 bits per heavy atom. The zero-order valence-corrected chi connectivity index (χ0v) is 8.98. The summed E-state index contributed by atoms with van der Waals surface area (Å²) >= 11 is -1.14. The second-order valence-electron chi connectivity index (χ2n) is 2.95. The first-order valence-corrected chi connectivity index (χ1v) is 5.43. The zero-order valence-electron chi connectivity index (χ0n) is 8.16. The number of hydrogen-bond donors (Lipinski definition) is 0. The normalized spacial score (nSPS) is 17.5. The Labute approximate surface area is 76.9 Å². The highest BCUT2D eigenvalue weighted by Crippen LogP contribution is 2.04. The highest BCUT2D eigenvalue weighted by molar-refractivity contribution is 7.79. The number of hydrogen-bond acceptors (Lipinski definition) is 3. The molecule has 0 aromatic carbocycles. The standard InChI is InChI=1S/C8H17NO2S/c1-7(5-8(2)9-3)6-11-12(4)10/h7H,5-6H2,1-4H3/b9-8-. The molecule has 0 spiro atoms. The lowest BCUT2D eigenvalue weighted by Crippen LogP contribution is -2.10. The maximum absolute atomic E-state index is 10.6. The van der Waals surface area contributed by atoms with Crippen LogP contribution < -0.4 is 0 Å². The minimum absolute atomic E-state index is 0.387. The molecule has 0 rings (SSSR count). The van der Waals surface area contributed by atoms with Crippen LogP contribution in [0.3, 0.4) is 0 Å². The third-order valence-electron chi connectivity index (χ3n) is 1.54. The molecule has 0 aromatic heterocycles. The van der Waals surface area contributed by atoms with Gasteiger partial charge in [0.2, 0.25) is 0 Å². The molecule has 0 aliphatic heterocycles. The van der Waals surface area contributed by atoms with Gasteiger partial charge >= 0.3 is 0 Å². The summed E-state index contributed by atoms with van der Waals surface area (Å²) in [4.78, 5) is 4.04. The molecule has 0 aliphatic rings. The largest absolute Gasteiger partial charge is 0.298 e. The van der Waals surface area contributed by atoms with Crippen molar-refractivity contribution in [3.8, 4) is 0 Å². The molecule has 0 radical (unpaired) electrons. The Hall–Kier alpha value is -0.220. The Balaban J connectivity index is 3.59. The van der Waals surface area contributed by atoms with Gasteiger partial charge < -0.3 is 0 Å². The summed E-state index contributed by atoms with van der Waals surface area (Å²) in [6, 6.07) is 0. The van der Waals surface area contributed by atoms with Gasteiger partial charge in [-0.1, -0.05) is 6.92 Å². The summed E-state index contributed by atoms with van der Waals surface area (Å²) in [6.45, 7) is 4.58. The van der Waals surface area contributed by atoms with Gasteiger partial charge in [-0.05, 0) is 19.3 Å². The van der Waals surface area contributed by atoms with E-state index in [0.29, 0.717) is 12.5 Å². The predicted octanol–water partition coefficient (Wildman–Crippen LogP) is 1.41. The van der Waals surface area contributed by atoms with Crippen molar-refractivity contribution in [2.75, 3.05) is 19.9 Å². The van der Waals surface area contributed by atoms with Gasteiger partial charge in [0.15, 0.2) is 11.1 Å². The topological polar surface area (TPSA) is 38.7 Å². The van der Waals surface area contributed by atoms with Crippen molar-refractivity contribution in [3.63, 3.8) is 0 Å². The van der Waals surface area contributed by atoms with Gasteiger partial charge in [-0.2, -0.15) is 0 Å². The van der Waals surface area contributed by atoms with Crippen LogP contribution in [0.2, 0.25) is 0 Å². The van der Waals surface area contributed by atoms with Gasteiger partial charge in [-0.25, -0.2) is 4.21 Å². The van der Waals surface area contributed by atoms with Gasteiger partial charge in [0.05, 0.1) is 6.61 Å². The van der Waals surface area contributed by atoms with Gasteiger partial charge in [0.25, 0.3) is 0 Å². The molecule has 2 atom stereocenters. The van der Waals surface area contributed by atoms with Gasteiger partial charge in [-0.3, -0.25) is 9.18 Å². The maximum atomic E-state index is 10.6. The van der Waals surface area contributed by atoms with Crippen LogP contribution in [0.1, 0.15) is 20.3 Å². The number of rotatable bonds is 5. The van der Waals surface area contributed by atoms with Crippen molar-refractivity contribution in [2.45, 2.75) is 20.3 Å². The van der Waals surface area contributed by atoms with E-state index in [9.17, 15) is 4.21 Å². The molecule has 4 heteroatoms. The molecule has 0 aliphatic carbocycles. The van der Waals surface area contributed by atoms with Crippen LogP contribution in [0, 0.1) is 5.92 Å². The maximum Gasteiger partial charge on any atom is 0.152 e. The van der Waals surface area contributed by atoms with Crippen molar-refractivity contribution in [1.29, 1.82) is 0 Å². The summed E-state index contributed by atoms with van der Waals surface area (Å²) < 4.78 is 15.5. The average molecular weight is 191 g/mol.